The largest absolute Gasteiger partial charge is 0.493 e. The van der Waals surface area contributed by atoms with E-state index in [2.05, 4.69) is 0 Å². The Morgan fingerprint density at radius 3 is 2.62 bits per heavy atom. The van der Waals surface area contributed by atoms with Crippen molar-refractivity contribution in [3.05, 3.63) is 41.5 Å². The highest BCUT2D eigenvalue weighted by Gasteiger charge is 2.31. The molecule has 2 aromatic rings. The average Bonchev–Trinajstić information content (AvgIpc) is 3.11. The number of fused-ring (bicyclic) bond motifs is 1. The van der Waals surface area contributed by atoms with Gasteiger partial charge in [-0.15, -0.1) is 0 Å². The molecule has 0 radical (unpaired) electrons. The highest BCUT2D eigenvalue weighted by atomic mass is 16.5. The van der Waals surface area contributed by atoms with E-state index in [9.17, 15) is 9.59 Å². The van der Waals surface area contributed by atoms with Gasteiger partial charge < -0.3 is 23.7 Å². The van der Waals surface area contributed by atoms with E-state index in [1.54, 1.807) is 32.0 Å². The van der Waals surface area contributed by atoms with E-state index >= 15 is 0 Å². The van der Waals surface area contributed by atoms with Crippen molar-refractivity contribution in [1.82, 2.24) is 0 Å². The summed E-state index contributed by atoms with van der Waals surface area (Å²) in [5.74, 6) is -2.08. The Labute approximate surface area is 177 Å². The lowest BCUT2D eigenvalue weighted by Crippen LogP contribution is -2.32. The molecule has 0 saturated carbocycles. The molecule has 154 valence electrons. The number of methoxy groups -OCH3 is 3. The highest BCUT2D eigenvalue weighted by Crippen LogP contribution is 2.45. The first-order chi connectivity index (χ1) is 16.1. The molecule has 0 aromatic heterocycles. The lowest BCUT2D eigenvalue weighted by atomic mass is 9.95. The quantitative estimate of drug-likeness (QED) is 0.650. The minimum Gasteiger partial charge on any atom is -0.493 e. The number of carbonyl (C=O) groups excluding carboxylic acids is 2. The van der Waals surface area contributed by atoms with Crippen LogP contribution in [0.2, 0.25) is 0 Å². The average molecular weight is 406 g/mol. The predicted molar refractivity (Wildman–Crippen MR) is 105 cm³/mol. The van der Waals surface area contributed by atoms with Gasteiger partial charge in [-0.25, -0.2) is 4.79 Å². The van der Waals surface area contributed by atoms with Gasteiger partial charge >= 0.3 is 11.9 Å². The summed E-state index contributed by atoms with van der Waals surface area (Å²) >= 11 is 0. The molecule has 1 aliphatic heterocycles. The molecule has 0 amide bonds. The van der Waals surface area contributed by atoms with E-state index in [1.807, 2.05) is 0 Å². The van der Waals surface area contributed by atoms with Gasteiger partial charge in [0.15, 0.2) is 11.5 Å². The first-order valence-electron chi connectivity index (χ1n) is 11.7. The molecule has 0 unspecified atom stereocenters. The Morgan fingerprint density at radius 1 is 1.14 bits per heavy atom. The molecular formula is C22H24O7. The number of cyclic esters (lactones) is 1. The van der Waals surface area contributed by atoms with E-state index < -0.39 is 42.9 Å². The molecule has 0 atom stereocenters. The van der Waals surface area contributed by atoms with E-state index in [1.165, 1.54) is 19.2 Å². The van der Waals surface area contributed by atoms with Crippen LogP contribution in [-0.2, 0) is 20.9 Å². The Bertz CT molecular complexity index is 1140. The van der Waals surface area contributed by atoms with Gasteiger partial charge in [-0.05, 0) is 43.7 Å². The highest BCUT2D eigenvalue weighted by molar-refractivity contribution is 5.94. The summed E-state index contributed by atoms with van der Waals surface area (Å²) in [5.41, 5.74) is 0.662. The van der Waals surface area contributed by atoms with Crippen molar-refractivity contribution in [2.45, 2.75) is 20.5 Å². The number of benzene rings is 2. The molecule has 1 aliphatic rings. The fourth-order valence-corrected chi connectivity index (χ4v) is 2.98. The number of carbonyl (C=O) groups is 2. The Kier molecular flexibility index (Phi) is 3.84. The third kappa shape index (κ3) is 3.85. The molecule has 7 nitrogen and oxygen atoms in total. The van der Waals surface area contributed by atoms with E-state index in [0.717, 1.165) is 0 Å². The number of hydrogen-bond acceptors (Lipinski definition) is 7. The molecule has 3 rings (SSSR count). The zero-order chi connectivity index (χ0) is 26.2. The standard InChI is InChI=1S/C22H24O7/c1-22(2,21(24)27-5)12-29-18-15(8-9-17(25-3)19(18)26-4)13-6-7-16-14(10-13)11-28-20(16)23/h6-10H,11-12H2,1-5H3/i3D3,4D3. The van der Waals surface area contributed by atoms with Crippen LogP contribution >= 0.6 is 0 Å². The van der Waals surface area contributed by atoms with Crippen LogP contribution in [0.15, 0.2) is 30.3 Å². The van der Waals surface area contributed by atoms with Crippen LogP contribution in [0.25, 0.3) is 11.1 Å². The van der Waals surface area contributed by atoms with Crippen LogP contribution in [0.5, 0.6) is 17.2 Å². The summed E-state index contributed by atoms with van der Waals surface area (Å²) in [7, 11) is -4.68. The molecule has 0 bridgehead atoms. The van der Waals surface area contributed by atoms with Crippen LogP contribution in [0, 0.1) is 5.41 Å². The number of esters is 2. The molecule has 0 saturated heterocycles. The van der Waals surface area contributed by atoms with Gasteiger partial charge in [0.05, 0.1) is 40.4 Å². The third-order valence-corrected chi connectivity index (χ3v) is 4.60. The molecular weight excluding hydrogens is 376 g/mol. The Hall–Kier alpha value is -3.22. The van der Waals surface area contributed by atoms with Gasteiger partial charge in [0.25, 0.3) is 0 Å². The zero-order valence-corrected chi connectivity index (χ0v) is 16.2. The molecule has 29 heavy (non-hydrogen) atoms. The topological polar surface area (TPSA) is 80.3 Å². The maximum absolute atomic E-state index is 12.2. The fraction of sp³-hybridized carbons (Fsp3) is 0.364. The summed E-state index contributed by atoms with van der Waals surface area (Å²) in [5, 5.41) is 0. The van der Waals surface area contributed by atoms with Crippen LogP contribution < -0.4 is 14.2 Å². The SMILES string of the molecule is [2H]C([2H])([2H])Oc1ccc(-c2ccc3c(c2)COC3=O)c(OCC(C)(C)C(=O)OC)c1OC([2H])([2H])[2H]. The van der Waals surface area contributed by atoms with E-state index in [-0.39, 0.29) is 19.0 Å². The van der Waals surface area contributed by atoms with Crippen LogP contribution in [-0.4, -0.2) is 39.7 Å². The molecule has 0 aliphatic carbocycles. The second-order valence-corrected chi connectivity index (χ2v) is 7.09. The zero-order valence-electron chi connectivity index (χ0n) is 22.2. The number of hydrogen-bond donors (Lipinski definition) is 0. The summed E-state index contributed by atoms with van der Waals surface area (Å²) < 4.78 is 70.9. The maximum atomic E-state index is 12.2. The molecule has 0 fully saturated rings. The minimum atomic E-state index is -2.99. The molecule has 1 heterocycles. The number of ether oxygens (including phenoxy) is 5. The first kappa shape index (κ1) is 13.9. The predicted octanol–water partition coefficient (Wildman–Crippen LogP) is 3.62. The van der Waals surface area contributed by atoms with Crippen molar-refractivity contribution < 1.29 is 41.5 Å². The smallest absolute Gasteiger partial charge is 0.338 e. The van der Waals surface area contributed by atoms with Gasteiger partial charge in [-0.1, -0.05) is 6.07 Å². The Morgan fingerprint density at radius 2 is 1.90 bits per heavy atom. The Balaban J connectivity index is 2.19. The summed E-state index contributed by atoms with van der Waals surface area (Å²) in [6.45, 7) is 2.91. The van der Waals surface area contributed by atoms with Gasteiger partial charge in [0.2, 0.25) is 5.75 Å². The van der Waals surface area contributed by atoms with Crippen LogP contribution in [0.1, 0.15) is 38.0 Å². The monoisotopic (exact) mass is 406 g/mol. The van der Waals surface area contributed by atoms with Gasteiger partial charge in [-0.2, -0.15) is 0 Å². The summed E-state index contributed by atoms with van der Waals surface area (Å²) in [4.78, 5) is 24.0. The summed E-state index contributed by atoms with van der Waals surface area (Å²) in [6.07, 6.45) is 0. The lowest BCUT2D eigenvalue weighted by Gasteiger charge is -2.24. The van der Waals surface area contributed by atoms with E-state index in [0.29, 0.717) is 22.3 Å². The normalized spacial score (nSPS) is 16.7. The molecule has 7 heteroatoms. The van der Waals surface area contributed by atoms with Gasteiger partial charge in [0.1, 0.15) is 13.2 Å². The van der Waals surface area contributed by atoms with Crippen LogP contribution in [0.4, 0.5) is 0 Å². The van der Waals surface area contributed by atoms with Crippen molar-refractivity contribution in [1.29, 1.82) is 0 Å². The second kappa shape index (κ2) is 8.03. The van der Waals surface area contributed by atoms with Crippen molar-refractivity contribution in [2.24, 2.45) is 5.41 Å². The third-order valence-electron chi connectivity index (χ3n) is 4.60. The minimum absolute atomic E-state index is 0.0619. The van der Waals surface area contributed by atoms with Crippen LogP contribution in [0.3, 0.4) is 0 Å². The fourth-order valence-electron chi connectivity index (χ4n) is 2.98. The van der Waals surface area contributed by atoms with Gasteiger partial charge in [-0.3, -0.25) is 4.79 Å². The van der Waals surface area contributed by atoms with Crippen molar-refractivity contribution in [2.75, 3.05) is 27.8 Å². The number of rotatable bonds is 7. The maximum Gasteiger partial charge on any atom is 0.338 e. The lowest BCUT2D eigenvalue weighted by molar-refractivity contribution is -0.152. The van der Waals surface area contributed by atoms with E-state index in [4.69, 9.17) is 31.9 Å². The van der Waals surface area contributed by atoms with Crippen molar-refractivity contribution >= 4 is 11.9 Å². The van der Waals surface area contributed by atoms with Gasteiger partial charge in [0, 0.05) is 11.1 Å². The molecule has 0 N–H and O–H groups in total. The first-order valence-corrected chi connectivity index (χ1v) is 8.68. The van der Waals surface area contributed by atoms with Crippen molar-refractivity contribution in [3.63, 3.8) is 0 Å². The summed E-state index contributed by atoms with van der Waals surface area (Å²) in [6, 6.07) is 7.53. The second-order valence-electron chi connectivity index (χ2n) is 7.09. The van der Waals surface area contributed by atoms with Crippen molar-refractivity contribution in [3.8, 4) is 28.4 Å². The molecule has 2 aromatic carbocycles. The molecule has 0 spiro atoms.